The van der Waals surface area contributed by atoms with Gasteiger partial charge in [0.05, 0.1) is 29.2 Å². The fourth-order valence-corrected chi connectivity index (χ4v) is 6.70. The molecule has 33 heavy (non-hydrogen) atoms. The van der Waals surface area contributed by atoms with Crippen molar-refractivity contribution < 1.29 is 17.9 Å². The number of morpholine rings is 1. The van der Waals surface area contributed by atoms with E-state index < -0.39 is 10.0 Å². The Morgan fingerprint density at radius 1 is 1.12 bits per heavy atom. The molecule has 10 heteroatoms. The second-order valence-electron chi connectivity index (χ2n) is 8.93. The number of piperidine rings is 1. The Kier molecular flexibility index (Phi) is 7.80. The van der Waals surface area contributed by atoms with E-state index in [1.807, 2.05) is 5.38 Å². The van der Waals surface area contributed by atoms with Gasteiger partial charge in [-0.3, -0.25) is 9.69 Å². The van der Waals surface area contributed by atoms with Crippen LogP contribution in [0, 0.1) is 0 Å². The highest BCUT2D eigenvalue weighted by molar-refractivity contribution is 7.89. The lowest BCUT2D eigenvalue weighted by atomic mass is 10.1. The van der Waals surface area contributed by atoms with E-state index in [-0.39, 0.29) is 29.4 Å². The summed E-state index contributed by atoms with van der Waals surface area (Å²) in [6.07, 6.45) is 3.45. The molecule has 1 aromatic heterocycles. The fraction of sp³-hybridized carbons (Fsp3) is 0.565. The molecule has 3 heterocycles. The van der Waals surface area contributed by atoms with Gasteiger partial charge in [-0.05, 0) is 44.4 Å². The Morgan fingerprint density at radius 2 is 1.79 bits per heavy atom. The van der Waals surface area contributed by atoms with Crippen LogP contribution in [0.25, 0.3) is 0 Å². The molecular formula is C23H32N4O4S2. The first-order valence-corrected chi connectivity index (χ1v) is 13.8. The third-order valence-electron chi connectivity index (χ3n) is 5.92. The van der Waals surface area contributed by atoms with Crippen molar-refractivity contribution in [1.82, 2.24) is 14.2 Å². The van der Waals surface area contributed by atoms with Crippen molar-refractivity contribution in [3.63, 3.8) is 0 Å². The molecular weight excluding hydrogens is 460 g/mol. The summed E-state index contributed by atoms with van der Waals surface area (Å²) in [5.41, 5.74) is 1.70. The molecule has 180 valence electrons. The lowest BCUT2D eigenvalue weighted by molar-refractivity contribution is -0.115. The molecule has 2 unspecified atom stereocenters. The minimum Gasteiger partial charge on any atom is -0.373 e. The number of amides is 1. The number of thiazole rings is 1. The molecule has 1 N–H and O–H groups in total. The molecule has 1 aromatic carbocycles. The second-order valence-corrected chi connectivity index (χ2v) is 11.7. The standard InChI is InChI=1S/C23H32N4O4S2/c1-17-13-26(14-18(2)31-17)15-20-16-32-23(24-20)25-22(28)12-19-6-8-21(9-7-19)33(29,30)27-10-4-3-5-11-27/h6-9,16-18H,3-5,10-15H2,1-2H3,(H,24,25,28). The molecule has 0 saturated carbocycles. The summed E-state index contributed by atoms with van der Waals surface area (Å²) in [4.78, 5) is 19.7. The smallest absolute Gasteiger partial charge is 0.243 e. The number of aromatic nitrogens is 1. The summed E-state index contributed by atoms with van der Waals surface area (Å²) < 4.78 is 32.9. The molecule has 4 rings (SSSR count). The first-order chi connectivity index (χ1) is 15.8. The Labute approximate surface area is 200 Å². The predicted molar refractivity (Wildman–Crippen MR) is 129 cm³/mol. The molecule has 0 radical (unpaired) electrons. The number of benzene rings is 1. The zero-order chi connectivity index (χ0) is 23.4. The van der Waals surface area contributed by atoms with Crippen LogP contribution >= 0.6 is 11.3 Å². The van der Waals surface area contributed by atoms with Gasteiger partial charge >= 0.3 is 0 Å². The van der Waals surface area contributed by atoms with Crippen molar-refractivity contribution in [1.29, 1.82) is 0 Å². The number of nitrogens with one attached hydrogen (secondary N) is 1. The minimum absolute atomic E-state index is 0.164. The van der Waals surface area contributed by atoms with Crippen molar-refractivity contribution in [2.45, 2.75) is 63.2 Å². The fourth-order valence-electron chi connectivity index (χ4n) is 4.46. The third-order valence-corrected chi connectivity index (χ3v) is 8.64. The molecule has 2 aliphatic heterocycles. The summed E-state index contributed by atoms with van der Waals surface area (Å²) in [5.74, 6) is -0.170. The van der Waals surface area contributed by atoms with Crippen molar-refractivity contribution >= 4 is 32.4 Å². The molecule has 2 fully saturated rings. The van der Waals surface area contributed by atoms with Gasteiger partial charge in [-0.1, -0.05) is 18.6 Å². The van der Waals surface area contributed by atoms with Gasteiger partial charge in [0.1, 0.15) is 0 Å². The lowest BCUT2D eigenvalue weighted by Crippen LogP contribution is -2.44. The van der Waals surface area contributed by atoms with Gasteiger partial charge in [0.25, 0.3) is 0 Å². The summed E-state index contributed by atoms with van der Waals surface area (Å²) in [6, 6.07) is 6.62. The van der Waals surface area contributed by atoms with E-state index in [1.54, 1.807) is 28.6 Å². The maximum absolute atomic E-state index is 12.8. The zero-order valence-corrected chi connectivity index (χ0v) is 20.8. The van der Waals surface area contributed by atoms with E-state index in [2.05, 4.69) is 29.0 Å². The van der Waals surface area contributed by atoms with E-state index >= 15 is 0 Å². The highest BCUT2D eigenvalue weighted by atomic mass is 32.2. The molecule has 2 aliphatic rings. The van der Waals surface area contributed by atoms with Crippen LogP contribution in [0.4, 0.5) is 5.13 Å². The van der Waals surface area contributed by atoms with Crippen LogP contribution in [0.1, 0.15) is 44.4 Å². The van der Waals surface area contributed by atoms with Crippen LogP contribution in [-0.2, 0) is 32.5 Å². The molecule has 8 nitrogen and oxygen atoms in total. The summed E-state index contributed by atoms with van der Waals surface area (Å²) >= 11 is 1.41. The Hall–Kier alpha value is -1.85. The van der Waals surface area contributed by atoms with E-state index in [0.29, 0.717) is 18.2 Å². The van der Waals surface area contributed by atoms with Gasteiger partial charge < -0.3 is 10.1 Å². The molecule has 2 saturated heterocycles. The van der Waals surface area contributed by atoms with Gasteiger partial charge in [0.2, 0.25) is 15.9 Å². The quantitative estimate of drug-likeness (QED) is 0.639. The predicted octanol–water partition coefficient (Wildman–Crippen LogP) is 3.11. The van der Waals surface area contributed by atoms with Crippen molar-refractivity contribution in [3.8, 4) is 0 Å². The Balaban J connectivity index is 1.30. The number of nitrogens with zero attached hydrogens (tertiary/aromatic N) is 3. The number of carbonyl (C=O) groups is 1. The number of rotatable bonds is 7. The third kappa shape index (κ3) is 6.39. The molecule has 0 spiro atoms. The van der Waals surface area contributed by atoms with Crippen molar-refractivity contribution in [2.75, 3.05) is 31.5 Å². The molecule has 0 bridgehead atoms. The van der Waals surface area contributed by atoms with Gasteiger partial charge in [0.15, 0.2) is 5.13 Å². The first kappa shape index (κ1) is 24.3. The van der Waals surface area contributed by atoms with Crippen LogP contribution < -0.4 is 5.32 Å². The largest absolute Gasteiger partial charge is 0.373 e. The first-order valence-electron chi connectivity index (χ1n) is 11.5. The number of hydrogen-bond acceptors (Lipinski definition) is 7. The topological polar surface area (TPSA) is 91.8 Å². The summed E-state index contributed by atoms with van der Waals surface area (Å²) in [5, 5.41) is 5.41. The molecule has 0 aliphatic carbocycles. The number of ether oxygens (including phenoxy) is 1. The van der Waals surface area contributed by atoms with E-state index in [1.165, 1.54) is 11.3 Å². The average Bonchev–Trinajstić information content (AvgIpc) is 3.20. The molecule has 1 amide bonds. The van der Waals surface area contributed by atoms with Crippen LogP contribution in [-0.4, -0.2) is 66.9 Å². The summed E-state index contributed by atoms with van der Waals surface area (Å²) in [7, 11) is -3.46. The molecule has 2 atom stereocenters. The number of hydrogen-bond donors (Lipinski definition) is 1. The van der Waals surface area contributed by atoms with Crippen LogP contribution in [0.2, 0.25) is 0 Å². The normalized spacial score (nSPS) is 22.8. The summed E-state index contributed by atoms with van der Waals surface area (Å²) in [6.45, 7) is 7.77. The second kappa shape index (κ2) is 10.6. The van der Waals surface area contributed by atoms with E-state index in [9.17, 15) is 13.2 Å². The van der Waals surface area contributed by atoms with Gasteiger partial charge in [-0.2, -0.15) is 4.31 Å². The zero-order valence-electron chi connectivity index (χ0n) is 19.2. The van der Waals surface area contributed by atoms with Crippen LogP contribution in [0.3, 0.4) is 0 Å². The minimum atomic E-state index is -3.46. The van der Waals surface area contributed by atoms with Crippen LogP contribution in [0.15, 0.2) is 34.5 Å². The number of anilines is 1. The Bertz CT molecular complexity index is 1040. The highest BCUT2D eigenvalue weighted by Crippen LogP contribution is 2.22. The van der Waals surface area contributed by atoms with Gasteiger partial charge in [-0.25, -0.2) is 13.4 Å². The lowest BCUT2D eigenvalue weighted by Gasteiger charge is -2.34. The maximum atomic E-state index is 12.8. The highest BCUT2D eigenvalue weighted by Gasteiger charge is 2.26. The number of sulfonamides is 1. The molecule has 2 aromatic rings. The maximum Gasteiger partial charge on any atom is 0.243 e. The monoisotopic (exact) mass is 492 g/mol. The SMILES string of the molecule is CC1CN(Cc2csc(NC(=O)Cc3ccc(S(=O)(=O)N4CCCCC4)cc3)n2)CC(C)O1. The van der Waals surface area contributed by atoms with E-state index in [4.69, 9.17) is 4.74 Å². The van der Waals surface area contributed by atoms with Crippen molar-refractivity contribution in [3.05, 3.63) is 40.9 Å². The van der Waals surface area contributed by atoms with Crippen molar-refractivity contribution in [2.24, 2.45) is 0 Å². The van der Waals surface area contributed by atoms with Gasteiger partial charge in [0, 0.05) is 38.1 Å². The average molecular weight is 493 g/mol. The van der Waals surface area contributed by atoms with Crippen LogP contribution in [0.5, 0.6) is 0 Å². The van der Waals surface area contributed by atoms with E-state index in [0.717, 1.165) is 50.2 Å². The van der Waals surface area contributed by atoms with Gasteiger partial charge in [-0.15, -0.1) is 11.3 Å². The number of carbonyl (C=O) groups excluding carboxylic acids is 1. The Morgan fingerprint density at radius 3 is 2.45 bits per heavy atom.